The second kappa shape index (κ2) is 4.73. The normalized spacial score (nSPS) is 12.1. The van der Waals surface area contributed by atoms with E-state index in [-0.39, 0.29) is 5.78 Å². The Labute approximate surface area is 94.2 Å². The minimum atomic E-state index is -1.08. The van der Waals surface area contributed by atoms with E-state index in [2.05, 4.69) is 0 Å². The summed E-state index contributed by atoms with van der Waals surface area (Å²) in [4.78, 5) is 11.9. The van der Waals surface area contributed by atoms with E-state index in [0.717, 1.165) is 0 Å². The number of hydrogen-bond donors (Lipinski definition) is 1. The predicted molar refractivity (Wildman–Crippen MR) is 62.2 cm³/mol. The van der Waals surface area contributed by atoms with Crippen molar-refractivity contribution in [2.75, 3.05) is 0 Å². The van der Waals surface area contributed by atoms with Crippen molar-refractivity contribution < 1.29 is 9.90 Å². The average molecular weight is 212 g/mol. The maximum absolute atomic E-state index is 11.9. The first kappa shape index (κ1) is 10.6. The van der Waals surface area contributed by atoms with Gasteiger partial charge in [-0.05, 0) is 5.56 Å². The van der Waals surface area contributed by atoms with E-state index < -0.39 is 6.10 Å². The zero-order chi connectivity index (χ0) is 11.4. The summed E-state index contributed by atoms with van der Waals surface area (Å²) in [5.41, 5.74) is 1.15. The van der Waals surface area contributed by atoms with E-state index in [9.17, 15) is 9.90 Å². The molecule has 0 saturated heterocycles. The van der Waals surface area contributed by atoms with Crippen molar-refractivity contribution in [3.8, 4) is 0 Å². The second-order valence-corrected chi connectivity index (χ2v) is 3.54. The Hall–Kier alpha value is -1.93. The summed E-state index contributed by atoms with van der Waals surface area (Å²) in [6, 6.07) is 17.7. The molecular weight excluding hydrogens is 200 g/mol. The van der Waals surface area contributed by atoms with Crippen LogP contribution in [0.1, 0.15) is 22.0 Å². The molecule has 0 amide bonds. The number of carbonyl (C=O) groups is 1. The minimum Gasteiger partial charge on any atom is -0.380 e. The van der Waals surface area contributed by atoms with Gasteiger partial charge < -0.3 is 5.11 Å². The summed E-state index contributed by atoms with van der Waals surface area (Å²) in [5, 5.41) is 9.89. The average Bonchev–Trinajstić information content (AvgIpc) is 2.39. The highest BCUT2D eigenvalue weighted by Crippen LogP contribution is 2.17. The SMILES string of the molecule is O=C(c1ccccc1)[C@H](O)c1ccccc1. The van der Waals surface area contributed by atoms with Crippen LogP contribution >= 0.6 is 0 Å². The van der Waals surface area contributed by atoms with E-state index in [1.165, 1.54) is 0 Å². The Balaban J connectivity index is 2.24. The highest BCUT2D eigenvalue weighted by Gasteiger charge is 2.18. The zero-order valence-corrected chi connectivity index (χ0v) is 8.71. The van der Waals surface area contributed by atoms with E-state index in [1.807, 2.05) is 12.1 Å². The van der Waals surface area contributed by atoms with Gasteiger partial charge in [-0.1, -0.05) is 60.7 Å². The molecule has 2 aromatic rings. The number of aliphatic hydroxyl groups is 1. The largest absolute Gasteiger partial charge is 0.380 e. The van der Waals surface area contributed by atoms with Crippen molar-refractivity contribution in [1.29, 1.82) is 0 Å². The standard InChI is InChI=1S/C14H12O2/c15-13(11-7-3-1-4-8-11)14(16)12-9-5-2-6-10-12/h1-10,13,15H/t13-/m1/s1. The topological polar surface area (TPSA) is 37.3 Å². The lowest BCUT2D eigenvalue weighted by atomic mass is 10.0. The number of hydrogen-bond acceptors (Lipinski definition) is 2. The Kier molecular flexibility index (Phi) is 3.13. The van der Waals surface area contributed by atoms with Crippen LogP contribution in [0.4, 0.5) is 0 Å². The van der Waals surface area contributed by atoms with Gasteiger partial charge in [-0.15, -0.1) is 0 Å². The molecule has 0 saturated carbocycles. The van der Waals surface area contributed by atoms with Crippen LogP contribution in [0, 0.1) is 0 Å². The number of ketones is 1. The van der Waals surface area contributed by atoms with Gasteiger partial charge in [-0.25, -0.2) is 0 Å². The lowest BCUT2D eigenvalue weighted by molar-refractivity contribution is 0.0747. The molecule has 0 spiro atoms. The summed E-state index contributed by atoms with van der Waals surface area (Å²) in [6.07, 6.45) is -1.08. The van der Waals surface area contributed by atoms with Crippen molar-refractivity contribution in [2.45, 2.75) is 6.10 Å². The smallest absolute Gasteiger partial charge is 0.195 e. The molecule has 80 valence electrons. The molecule has 2 heteroatoms. The summed E-state index contributed by atoms with van der Waals surface area (Å²) in [6.45, 7) is 0. The quantitative estimate of drug-likeness (QED) is 0.794. The van der Waals surface area contributed by atoms with Gasteiger partial charge in [-0.2, -0.15) is 0 Å². The van der Waals surface area contributed by atoms with E-state index in [4.69, 9.17) is 0 Å². The Morgan fingerprint density at radius 1 is 0.875 bits per heavy atom. The van der Waals surface area contributed by atoms with Gasteiger partial charge in [0, 0.05) is 5.56 Å². The van der Waals surface area contributed by atoms with Crippen molar-refractivity contribution >= 4 is 5.78 Å². The molecule has 2 nitrogen and oxygen atoms in total. The number of carbonyl (C=O) groups excluding carboxylic acids is 1. The third-order valence-electron chi connectivity index (χ3n) is 2.42. The van der Waals surface area contributed by atoms with Gasteiger partial charge in [0.05, 0.1) is 0 Å². The van der Waals surface area contributed by atoms with Crippen molar-refractivity contribution in [1.82, 2.24) is 0 Å². The van der Waals surface area contributed by atoms with Crippen LogP contribution in [-0.4, -0.2) is 10.9 Å². The molecular formula is C14H12O2. The van der Waals surface area contributed by atoms with Gasteiger partial charge in [0.15, 0.2) is 5.78 Å². The fourth-order valence-corrected chi connectivity index (χ4v) is 1.55. The van der Waals surface area contributed by atoms with Crippen molar-refractivity contribution in [3.05, 3.63) is 71.8 Å². The first-order chi connectivity index (χ1) is 7.79. The molecule has 0 heterocycles. The monoisotopic (exact) mass is 212 g/mol. The molecule has 0 radical (unpaired) electrons. The molecule has 0 aliphatic carbocycles. The molecule has 0 aliphatic rings. The molecule has 2 rings (SSSR count). The fourth-order valence-electron chi connectivity index (χ4n) is 1.55. The van der Waals surface area contributed by atoms with Gasteiger partial charge >= 0.3 is 0 Å². The number of Topliss-reactive ketones (excluding diaryl/α,β-unsaturated/α-hetero) is 1. The van der Waals surface area contributed by atoms with Crippen LogP contribution in [0.5, 0.6) is 0 Å². The number of benzene rings is 2. The molecule has 0 aliphatic heterocycles. The molecule has 0 fully saturated rings. The number of aliphatic hydroxyl groups excluding tert-OH is 1. The van der Waals surface area contributed by atoms with Crippen LogP contribution < -0.4 is 0 Å². The zero-order valence-electron chi connectivity index (χ0n) is 8.71. The Morgan fingerprint density at radius 3 is 1.94 bits per heavy atom. The Bertz CT molecular complexity index is 463. The second-order valence-electron chi connectivity index (χ2n) is 3.54. The van der Waals surface area contributed by atoms with Gasteiger partial charge in [0.25, 0.3) is 0 Å². The third-order valence-corrected chi connectivity index (χ3v) is 2.42. The maximum atomic E-state index is 11.9. The van der Waals surface area contributed by atoms with Crippen LogP contribution in [0.3, 0.4) is 0 Å². The van der Waals surface area contributed by atoms with Crippen molar-refractivity contribution in [2.24, 2.45) is 0 Å². The number of rotatable bonds is 3. The lowest BCUT2D eigenvalue weighted by Gasteiger charge is -2.09. The van der Waals surface area contributed by atoms with E-state index >= 15 is 0 Å². The maximum Gasteiger partial charge on any atom is 0.195 e. The first-order valence-electron chi connectivity index (χ1n) is 5.11. The van der Waals surface area contributed by atoms with Gasteiger partial charge in [-0.3, -0.25) is 4.79 Å². The molecule has 0 bridgehead atoms. The third kappa shape index (κ3) is 2.18. The Morgan fingerprint density at radius 2 is 1.38 bits per heavy atom. The lowest BCUT2D eigenvalue weighted by Crippen LogP contribution is -2.11. The molecule has 0 aromatic heterocycles. The van der Waals surface area contributed by atoms with Crippen LogP contribution in [0.15, 0.2) is 60.7 Å². The van der Waals surface area contributed by atoms with Crippen LogP contribution in [0.25, 0.3) is 0 Å². The molecule has 1 atom stereocenters. The molecule has 16 heavy (non-hydrogen) atoms. The first-order valence-corrected chi connectivity index (χ1v) is 5.11. The predicted octanol–water partition coefficient (Wildman–Crippen LogP) is 2.60. The van der Waals surface area contributed by atoms with E-state index in [1.54, 1.807) is 48.5 Å². The van der Waals surface area contributed by atoms with E-state index in [0.29, 0.717) is 11.1 Å². The van der Waals surface area contributed by atoms with Gasteiger partial charge in [0.1, 0.15) is 6.10 Å². The van der Waals surface area contributed by atoms with Crippen molar-refractivity contribution in [3.63, 3.8) is 0 Å². The summed E-state index contributed by atoms with van der Waals surface area (Å²) in [7, 11) is 0. The summed E-state index contributed by atoms with van der Waals surface area (Å²) in [5.74, 6) is -0.271. The highest BCUT2D eigenvalue weighted by atomic mass is 16.3. The molecule has 1 N–H and O–H groups in total. The summed E-state index contributed by atoms with van der Waals surface area (Å²) >= 11 is 0. The minimum absolute atomic E-state index is 0.271. The highest BCUT2D eigenvalue weighted by molar-refractivity contribution is 5.99. The molecule has 2 aromatic carbocycles. The molecule has 0 unspecified atom stereocenters. The van der Waals surface area contributed by atoms with Crippen LogP contribution in [-0.2, 0) is 0 Å². The summed E-state index contributed by atoms with van der Waals surface area (Å²) < 4.78 is 0. The van der Waals surface area contributed by atoms with Gasteiger partial charge in [0.2, 0.25) is 0 Å². The fraction of sp³-hybridized carbons (Fsp3) is 0.0714. The van der Waals surface area contributed by atoms with Crippen LogP contribution in [0.2, 0.25) is 0 Å².